The molecule has 2 nitrogen and oxygen atoms in total. The molecule has 0 fully saturated rings. The summed E-state index contributed by atoms with van der Waals surface area (Å²) in [6.45, 7) is 3.62. The predicted molar refractivity (Wildman–Crippen MR) is 83.1 cm³/mol. The van der Waals surface area contributed by atoms with E-state index in [1.165, 1.54) is 0 Å². The van der Waals surface area contributed by atoms with Gasteiger partial charge in [0.15, 0.2) is 11.6 Å². The summed E-state index contributed by atoms with van der Waals surface area (Å²) in [5.74, 6) is -0.973. The van der Waals surface area contributed by atoms with Crippen molar-refractivity contribution in [1.29, 1.82) is 0 Å². The molecule has 0 bridgehead atoms. The largest absolute Gasteiger partial charge is 0.293 e. The van der Waals surface area contributed by atoms with E-state index in [4.69, 9.17) is 0 Å². The van der Waals surface area contributed by atoms with Crippen molar-refractivity contribution in [2.75, 3.05) is 0 Å². The van der Waals surface area contributed by atoms with Crippen molar-refractivity contribution < 1.29 is 9.59 Å². The number of ketones is 2. The van der Waals surface area contributed by atoms with E-state index in [2.05, 4.69) is 15.9 Å². The minimum absolute atomic E-state index is 0.144. The van der Waals surface area contributed by atoms with Crippen molar-refractivity contribution in [3.8, 4) is 0 Å². The molecule has 0 saturated heterocycles. The molecule has 3 heteroatoms. The van der Waals surface area contributed by atoms with Crippen molar-refractivity contribution in [2.45, 2.75) is 13.8 Å². The highest BCUT2D eigenvalue weighted by Crippen LogP contribution is 2.18. The Bertz CT molecular complexity index is 644. The first-order chi connectivity index (χ1) is 9.49. The molecule has 2 aromatic carbocycles. The van der Waals surface area contributed by atoms with E-state index in [0.29, 0.717) is 11.1 Å². The number of benzene rings is 2. The zero-order valence-corrected chi connectivity index (χ0v) is 13.0. The van der Waals surface area contributed by atoms with Gasteiger partial charge in [-0.25, -0.2) is 0 Å². The molecule has 0 aliphatic rings. The monoisotopic (exact) mass is 330 g/mol. The maximum Gasteiger partial charge on any atom is 0.173 e. The zero-order chi connectivity index (χ0) is 14.7. The Labute approximate surface area is 127 Å². The molecule has 0 spiro atoms. The third kappa shape index (κ3) is 3.23. The molecule has 0 aliphatic heterocycles. The van der Waals surface area contributed by atoms with E-state index in [1.54, 1.807) is 37.3 Å². The fraction of sp³-hybridized carbons (Fsp3) is 0.176. The van der Waals surface area contributed by atoms with Crippen molar-refractivity contribution in [3.05, 3.63) is 69.7 Å². The number of aryl methyl sites for hydroxylation is 1. The Morgan fingerprint density at radius 1 is 0.950 bits per heavy atom. The van der Waals surface area contributed by atoms with Gasteiger partial charge in [0.1, 0.15) is 0 Å². The molecular formula is C17H15BrO2. The van der Waals surface area contributed by atoms with E-state index in [9.17, 15) is 9.59 Å². The number of carbonyl (C=O) groups excluding carboxylic acids is 2. The van der Waals surface area contributed by atoms with Gasteiger partial charge in [0.2, 0.25) is 0 Å². The van der Waals surface area contributed by atoms with Gasteiger partial charge in [-0.1, -0.05) is 57.9 Å². The van der Waals surface area contributed by atoms with Crippen molar-refractivity contribution in [2.24, 2.45) is 5.92 Å². The van der Waals surface area contributed by atoms with Crippen molar-refractivity contribution >= 4 is 27.5 Å². The second-order valence-corrected chi connectivity index (χ2v) is 5.74. The van der Waals surface area contributed by atoms with Crippen LogP contribution in [0.25, 0.3) is 0 Å². The highest BCUT2D eigenvalue weighted by molar-refractivity contribution is 9.10. The van der Waals surface area contributed by atoms with Crippen LogP contribution in [-0.2, 0) is 0 Å². The fourth-order valence-electron chi connectivity index (χ4n) is 1.98. The topological polar surface area (TPSA) is 34.1 Å². The molecule has 0 N–H and O–H groups in total. The first-order valence-corrected chi connectivity index (χ1v) is 7.19. The van der Waals surface area contributed by atoms with E-state index in [-0.39, 0.29) is 11.6 Å². The average molecular weight is 331 g/mol. The van der Waals surface area contributed by atoms with Crippen LogP contribution < -0.4 is 0 Å². The van der Waals surface area contributed by atoms with Crippen molar-refractivity contribution in [3.63, 3.8) is 0 Å². The highest BCUT2D eigenvalue weighted by Gasteiger charge is 2.23. The summed E-state index contributed by atoms with van der Waals surface area (Å²) >= 11 is 3.33. The lowest BCUT2D eigenvalue weighted by Crippen LogP contribution is -2.21. The summed E-state index contributed by atoms with van der Waals surface area (Å²) in [6.07, 6.45) is 0. The second-order valence-electron chi connectivity index (χ2n) is 4.83. The number of hydrogen-bond donors (Lipinski definition) is 0. The molecule has 102 valence electrons. The molecule has 0 amide bonds. The number of rotatable bonds is 4. The zero-order valence-electron chi connectivity index (χ0n) is 11.4. The van der Waals surface area contributed by atoms with Crippen LogP contribution in [0.4, 0.5) is 0 Å². The lowest BCUT2D eigenvalue weighted by atomic mass is 9.91. The Morgan fingerprint density at radius 2 is 1.55 bits per heavy atom. The van der Waals surface area contributed by atoms with Crippen LogP contribution in [0.1, 0.15) is 33.2 Å². The normalized spacial score (nSPS) is 11.9. The van der Waals surface area contributed by atoms with E-state index >= 15 is 0 Å². The molecule has 0 aromatic heterocycles. The van der Waals surface area contributed by atoms with Gasteiger partial charge in [-0.2, -0.15) is 0 Å². The van der Waals surface area contributed by atoms with Crippen molar-refractivity contribution in [1.82, 2.24) is 0 Å². The fourth-order valence-corrected chi connectivity index (χ4v) is 2.38. The summed E-state index contributed by atoms with van der Waals surface area (Å²) in [4.78, 5) is 24.7. The number of Topliss-reactive ketones (excluding diaryl/α,β-unsaturated/α-hetero) is 2. The molecule has 1 atom stereocenters. The SMILES string of the molecule is Cc1ccc(C(=O)C(C)C(=O)c2cccc(Br)c2)cc1. The van der Waals surface area contributed by atoms with Gasteiger partial charge < -0.3 is 0 Å². The smallest absolute Gasteiger partial charge is 0.173 e. The number of halogens is 1. The van der Waals surface area contributed by atoms with Crippen LogP contribution in [-0.4, -0.2) is 11.6 Å². The molecule has 0 radical (unpaired) electrons. The number of hydrogen-bond acceptors (Lipinski definition) is 2. The summed E-state index contributed by atoms with van der Waals surface area (Å²) in [7, 11) is 0. The van der Waals surface area contributed by atoms with Crippen LogP contribution in [0.3, 0.4) is 0 Å². The van der Waals surface area contributed by atoms with Crippen LogP contribution >= 0.6 is 15.9 Å². The third-order valence-corrected chi connectivity index (χ3v) is 3.73. The molecule has 1 unspecified atom stereocenters. The van der Waals surface area contributed by atoms with Crippen LogP contribution in [0.2, 0.25) is 0 Å². The minimum Gasteiger partial charge on any atom is -0.293 e. The van der Waals surface area contributed by atoms with E-state index in [1.807, 2.05) is 25.1 Å². The summed E-state index contributed by atoms with van der Waals surface area (Å²) < 4.78 is 0.832. The molecular weight excluding hydrogens is 316 g/mol. The van der Waals surface area contributed by atoms with E-state index in [0.717, 1.165) is 10.0 Å². The lowest BCUT2D eigenvalue weighted by molar-refractivity contribution is 0.0820. The highest BCUT2D eigenvalue weighted by atomic mass is 79.9. The lowest BCUT2D eigenvalue weighted by Gasteiger charge is -2.10. The molecule has 2 rings (SSSR count). The maximum atomic E-state index is 12.3. The standard InChI is InChI=1S/C17H15BrO2/c1-11-6-8-13(9-7-11)16(19)12(2)17(20)14-4-3-5-15(18)10-14/h3-10,12H,1-2H3. The van der Waals surface area contributed by atoms with Crippen LogP contribution in [0.15, 0.2) is 53.0 Å². The summed E-state index contributed by atoms with van der Waals surface area (Å²) in [5.41, 5.74) is 2.21. The maximum absolute atomic E-state index is 12.3. The van der Waals surface area contributed by atoms with Gasteiger partial charge in [0.25, 0.3) is 0 Å². The van der Waals surface area contributed by atoms with Crippen LogP contribution in [0.5, 0.6) is 0 Å². The molecule has 0 saturated carbocycles. The predicted octanol–water partition coefficient (Wildman–Crippen LogP) is 4.46. The Hall–Kier alpha value is -1.74. The average Bonchev–Trinajstić information content (AvgIpc) is 2.46. The Kier molecular flexibility index (Phi) is 4.50. The van der Waals surface area contributed by atoms with Gasteiger partial charge in [0, 0.05) is 15.6 Å². The summed E-state index contributed by atoms with van der Waals surface area (Å²) in [6, 6.07) is 14.4. The van der Waals surface area contributed by atoms with Gasteiger partial charge >= 0.3 is 0 Å². The minimum atomic E-state index is -0.674. The van der Waals surface area contributed by atoms with Gasteiger partial charge in [0.05, 0.1) is 5.92 Å². The molecule has 0 heterocycles. The third-order valence-electron chi connectivity index (χ3n) is 3.23. The van der Waals surface area contributed by atoms with Gasteiger partial charge in [-0.3, -0.25) is 9.59 Å². The quantitative estimate of drug-likeness (QED) is 0.612. The summed E-state index contributed by atoms with van der Waals surface area (Å²) in [5, 5.41) is 0. The molecule has 2 aromatic rings. The first-order valence-electron chi connectivity index (χ1n) is 6.39. The number of carbonyl (C=O) groups is 2. The molecule has 20 heavy (non-hydrogen) atoms. The Balaban J connectivity index is 2.22. The van der Waals surface area contributed by atoms with E-state index < -0.39 is 5.92 Å². The van der Waals surface area contributed by atoms with Gasteiger partial charge in [-0.15, -0.1) is 0 Å². The van der Waals surface area contributed by atoms with Gasteiger partial charge in [-0.05, 0) is 26.0 Å². The first kappa shape index (κ1) is 14.7. The Morgan fingerprint density at radius 3 is 2.15 bits per heavy atom. The molecule has 0 aliphatic carbocycles. The second kappa shape index (κ2) is 6.14. The van der Waals surface area contributed by atoms with Crippen LogP contribution in [0, 0.1) is 12.8 Å².